The largest absolute Gasteiger partial charge is 0.487 e. The average Bonchev–Trinajstić information content (AvgIpc) is 2.50. The Bertz CT molecular complexity index is 440. The predicted molar refractivity (Wildman–Crippen MR) is 77.5 cm³/mol. The molecule has 1 unspecified atom stereocenters. The van der Waals surface area contributed by atoms with Crippen LogP contribution in [-0.2, 0) is 11.3 Å². The van der Waals surface area contributed by atoms with E-state index in [0.29, 0.717) is 0 Å². The van der Waals surface area contributed by atoms with E-state index in [1.165, 1.54) is 5.56 Å². The minimum absolute atomic E-state index is 0.0838. The fourth-order valence-electron chi connectivity index (χ4n) is 2.80. The molecular formula is C16H25NO2. The Kier molecular flexibility index (Phi) is 3.88. The highest BCUT2D eigenvalue weighted by Gasteiger charge is 2.47. The van der Waals surface area contributed by atoms with Crippen molar-refractivity contribution in [1.29, 1.82) is 0 Å². The van der Waals surface area contributed by atoms with Gasteiger partial charge in [-0.1, -0.05) is 18.2 Å². The summed E-state index contributed by atoms with van der Waals surface area (Å²) in [6, 6.07) is 8.19. The molecule has 1 aliphatic rings. The molecule has 0 amide bonds. The molecule has 2 rings (SSSR count). The molecule has 1 aromatic carbocycles. The maximum absolute atomic E-state index is 6.24. The highest BCUT2D eigenvalue weighted by molar-refractivity contribution is 5.33. The number of hydrogen-bond donors (Lipinski definition) is 1. The van der Waals surface area contributed by atoms with Crippen molar-refractivity contribution >= 4 is 0 Å². The summed E-state index contributed by atoms with van der Waals surface area (Å²) in [7, 11) is 1.95. The molecule has 0 aromatic heterocycles. The second-order valence-electron chi connectivity index (χ2n) is 6.41. The van der Waals surface area contributed by atoms with Gasteiger partial charge in [-0.3, -0.25) is 0 Å². The Morgan fingerprint density at radius 1 is 1.26 bits per heavy atom. The van der Waals surface area contributed by atoms with Crippen molar-refractivity contribution in [3.8, 4) is 5.75 Å². The van der Waals surface area contributed by atoms with Gasteiger partial charge in [0.2, 0.25) is 0 Å². The van der Waals surface area contributed by atoms with Crippen molar-refractivity contribution in [2.45, 2.75) is 58.0 Å². The standard InChI is InChI=1S/C16H25NO2/c1-15(2)10-14(16(3,4)19-15)18-13-9-7-6-8-12(13)11-17-5/h6-9,14,17H,10-11H2,1-5H3. The molecule has 1 atom stereocenters. The average molecular weight is 263 g/mol. The van der Waals surface area contributed by atoms with E-state index in [2.05, 4.69) is 39.1 Å². The van der Waals surface area contributed by atoms with E-state index in [0.717, 1.165) is 18.7 Å². The molecular weight excluding hydrogens is 238 g/mol. The van der Waals surface area contributed by atoms with Gasteiger partial charge in [-0.05, 0) is 40.8 Å². The lowest BCUT2D eigenvalue weighted by Crippen LogP contribution is -2.37. The van der Waals surface area contributed by atoms with E-state index in [9.17, 15) is 0 Å². The first kappa shape index (κ1) is 14.4. The van der Waals surface area contributed by atoms with E-state index in [1.54, 1.807) is 0 Å². The number of benzene rings is 1. The number of ether oxygens (including phenoxy) is 2. The summed E-state index contributed by atoms with van der Waals surface area (Å²) in [5.74, 6) is 0.955. The first-order valence-electron chi connectivity index (χ1n) is 6.93. The van der Waals surface area contributed by atoms with Crippen LogP contribution in [0.15, 0.2) is 24.3 Å². The molecule has 1 aromatic rings. The smallest absolute Gasteiger partial charge is 0.130 e. The van der Waals surface area contributed by atoms with Gasteiger partial charge < -0.3 is 14.8 Å². The fraction of sp³-hybridized carbons (Fsp3) is 0.625. The van der Waals surface area contributed by atoms with Crippen molar-refractivity contribution in [3.63, 3.8) is 0 Å². The van der Waals surface area contributed by atoms with Gasteiger partial charge in [0, 0.05) is 18.5 Å². The molecule has 1 N–H and O–H groups in total. The van der Waals surface area contributed by atoms with Gasteiger partial charge in [0.05, 0.1) is 5.60 Å². The van der Waals surface area contributed by atoms with E-state index < -0.39 is 0 Å². The van der Waals surface area contributed by atoms with Crippen molar-refractivity contribution < 1.29 is 9.47 Å². The second-order valence-corrected chi connectivity index (χ2v) is 6.41. The van der Waals surface area contributed by atoms with E-state index >= 15 is 0 Å². The molecule has 3 nitrogen and oxygen atoms in total. The molecule has 1 aliphatic heterocycles. The van der Waals surface area contributed by atoms with E-state index in [4.69, 9.17) is 9.47 Å². The first-order chi connectivity index (χ1) is 8.84. The van der Waals surface area contributed by atoms with Crippen LogP contribution in [0.25, 0.3) is 0 Å². The highest BCUT2D eigenvalue weighted by Crippen LogP contribution is 2.39. The second kappa shape index (κ2) is 5.14. The Morgan fingerprint density at radius 2 is 1.95 bits per heavy atom. The van der Waals surface area contributed by atoms with Crippen LogP contribution in [0.3, 0.4) is 0 Å². The van der Waals surface area contributed by atoms with Gasteiger partial charge in [0.15, 0.2) is 0 Å². The summed E-state index contributed by atoms with van der Waals surface area (Å²) in [5.41, 5.74) is 0.813. The molecule has 0 radical (unpaired) electrons. The van der Waals surface area contributed by atoms with Crippen LogP contribution >= 0.6 is 0 Å². The highest BCUT2D eigenvalue weighted by atomic mass is 16.6. The lowest BCUT2D eigenvalue weighted by molar-refractivity contribution is -0.0846. The predicted octanol–water partition coefficient (Wildman–Crippen LogP) is 3.13. The third-order valence-corrected chi connectivity index (χ3v) is 3.60. The Balaban J connectivity index is 2.17. The van der Waals surface area contributed by atoms with Gasteiger partial charge in [-0.15, -0.1) is 0 Å². The fourth-order valence-corrected chi connectivity index (χ4v) is 2.80. The van der Waals surface area contributed by atoms with Crippen LogP contribution in [0.1, 0.15) is 39.7 Å². The van der Waals surface area contributed by atoms with Crippen molar-refractivity contribution in [2.75, 3.05) is 7.05 Å². The molecule has 0 saturated carbocycles. The van der Waals surface area contributed by atoms with Gasteiger partial charge in [0.25, 0.3) is 0 Å². The first-order valence-corrected chi connectivity index (χ1v) is 6.93. The minimum atomic E-state index is -0.254. The molecule has 106 valence electrons. The number of hydrogen-bond acceptors (Lipinski definition) is 3. The van der Waals surface area contributed by atoms with Gasteiger partial charge in [-0.2, -0.15) is 0 Å². The maximum Gasteiger partial charge on any atom is 0.130 e. The Hall–Kier alpha value is -1.06. The van der Waals surface area contributed by atoms with Crippen LogP contribution < -0.4 is 10.1 Å². The van der Waals surface area contributed by atoms with Crippen LogP contribution in [0.4, 0.5) is 0 Å². The number of para-hydroxylation sites is 1. The summed E-state index contributed by atoms with van der Waals surface area (Å²) in [6.45, 7) is 9.27. The zero-order chi connectivity index (χ0) is 14.1. The molecule has 0 spiro atoms. The summed E-state index contributed by atoms with van der Waals surface area (Å²) in [4.78, 5) is 0. The lowest BCUT2D eigenvalue weighted by atomic mass is 9.97. The minimum Gasteiger partial charge on any atom is -0.487 e. The van der Waals surface area contributed by atoms with Crippen LogP contribution in [0, 0.1) is 0 Å². The lowest BCUT2D eigenvalue weighted by Gasteiger charge is -2.28. The van der Waals surface area contributed by atoms with Crippen LogP contribution in [-0.4, -0.2) is 24.4 Å². The van der Waals surface area contributed by atoms with Crippen molar-refractivity contribution in [3.05, 3.63) is 29.8 Å². The molecule has 0 bridgehead atoms. The molecule has 19 heavy (non-hydrogen) atoms. The molecule has 1 heterocycles. The van der Waals surface area contributed by atoms with Crippen LogP contribution in [0.5, 0.6) is 5.75 Å². The van der Waals surface area contributed by atoms with Gasteiger partial charge in [0.1, 0.15) is 17.5 Å². The number of rotatable bonds is 4. The topological polar surface area (TPSA) is 30.5 Å². The van der Waals surface area contributed by atoms with E-state index in [1.807, 2.05) is 25.2 Å². The Labute approximate surface area is 116 Å². The summed E-state index contributed by atoms with van der Waals surface area (Å²) >= 11 is 0. The van der Waals surface area contributed by atoms with Gasteiger partial charge in [-0.25, -0.2) is 0 Å². The molecule has 3 heteroatoms. The van der Waals surface area contributed by atoms with Crippen LogP contribution in [0.2, 0.25) is 0 Å². The zero-order valence-corrected chi connectivity index (χ0v) is 12.6. The monoisotopic (exact) mass is 263 g/mol. The summed E-state index contributed by atoms with van der Waals surface area (Å²) < 4.78 is 12.3. The molecule has 1 fully saturated rings. The third-order valence-electron chi connectivity index (χ3n) is 3.60. The summed E-state index contributed by atoms with van der Waals surface area (Å²) in [5, 5.41) is 3.18. The normalized spacial score (nSPS) is 24.4. The maximum atomic E-state index is 6.24. The van der Waals surface area contributed by atoms with E-state index in [-0.39, 0.29) is 17.3 Å². The SMILES string of the molecule is CNCc1ccccc1OC1CC(C)(C)OC1(C)C. The van der Waals surface area contributed by atoms with Gasteiger partial charge >= 0.3 is 0 Å². The Morgan fingerprint density at radius 3 is 2.53 bits per heavy atom. The van der Waals surface area contributed by atoms with Crippen molar-refractivity contribution in [1.82, 2.24) is 5.32 Å². The third kappa shape index (κ3) is 3.28. The zero-order valence-electron chi connectivity index (χ0n) is 12.6. The summed E-state index contributed by atoms with van der Waals surface area (Å²) in [6.07, 6.45) is 0.994. The quantitative estimate of drug-likeness (QED) is 0.905. The molecule has 0 aliphatic carbocycles. The van der Waals surface area contributed by atoms with Crippen molar-refractivity contribution in [2.24, 2.45) is 0 Å². The number of nitrogens with one attached hydrogen (secondary N) is 1. The molecule has 1 saturated heterocycles.